The molecule has 0 radical (unpaired) electrons. The van der Waals surface area contributed by atoms with Crippen molar-refractivity contribution in [3.8, 4) is 5.75 Å². The monoisotopic (exact) mass is 361 g/mol. The molecule has 1 aromatic carbocycles. The number of hydrogen-bond donors (Lipinski definition) is 3. The maximum atomic E-state index is 12.6. The van der Waals surface area contributed by atoms with E-state index in [-0.39, 0.29) is 30.0 Å². The molecular weight excluding hydrogens is 337 g/mol. The number of benzene rings is 1. The molecule has 5 atom stereocenters. The van der Waals surface area contributed by atoms with Crippen LogP contribution in [0.4, 0.5) is 0 Å². The van der Waals surface area contributed by atoms with E-state index in [0.29, 0.717) is 13.0 Å². The summed E-state index contributed by atoms with van der Waals surface area (Å²) in [5.41, 5.74) is 2.12. The van der Waals surface area contributed by atoms with E-state index in [1.165, 1.54) is 0 Å². The molecule has 140 valence electrons. The second-order valence-corrected chi connectivity index (χ2v) is 7.41. The summed E-state index contributed by atoms with van der Waals surface area (Å²) in [6.07, 6.45) is 2.39. The number of amides is 1. The maximum absolute atomic E-state index is 12.6. The van der Waals surface area contributed by atoms with Gasteiger partial charge in [-0.2, -0.15) is 0 Å². The average Bonchev–Trinajstić information content (AvgIpc) is 3.30. The highest BCUT2D eigenvalue weighted by Crippen LogP contribution is 2.40. The molecule has 26 heavy (non-hydrogen) atoms. The van der Waals surface area contributed by atoms with Gasteiger partial charge in [-0.1, -0.05) is 18.2 Å². The van der Waals surface area contributed by atoms with Crippen LogP contribution >= 0.6 is 0 Å². The van der Waals surface area contributed by atoms with Gasteiger partial charge in [-0.3, -0.25) is 4.79 Å². The molecule has 3 N–H and O–H groups in total. The van der Waals surface area contributed by atoms with Crippen LogP contribution in [0.1, 0.15) is 42.7 Å². The second kappa shape index (κ2) is 7.19. The molecule has 0 saturated carbocycles. The molecule has 0 spiro atoms. The van der Waals surface area contributed by atoms with Gasteiger partial charge in [0.05, 0.1) is 24.7 Å². The lowest BCUT2D eigenvalue weighted by Gasteiger charge is -2.25. The molecule has 3 aliphatic rings. The van der Waals surface area contributed by atoms with Crippen molar-refractivity contribution < 1.29 is 29.0 Å². The van der Waals surface area contributed by atoms with Crippen LogP contribution in [-0.4, -0.2) is 48.3 Å². The van der Waals surface area contributed by atoms with Crippen molar-refractivity contribution in [1.82, 2.24) is 5.32 Å². The van der Waals surface area contributed by atoms with Crippen LogP contribution in [0.5, 0.6) is 5.75 Å². The van der Waals surface area contributed by atoms with E-state index in [4.69, 9.17) is 14.1 Å². The van der Waals surface area contributed by atoms with Crippen molar-refractivity contribution in [2.45, 2.75) is 57.0 Å². The topological polar surface area (TPSA) is 97.3 Å². The number of fused-ring (bicyclic) bond motifs is 3. The zero-order valence-corrected chi connectivity index (χ0v) is 14.8. The quantitative estimate of drug-likeness (QED) is 0.514. The third-order valence-corrected chi connectivity index (χ3v) is 5.64. The minimum atomic E-state index is -1.95. The molecule has 0 aliphatic carbocycles. The summed E-state index contributed by atoms with van der Waals surface area (Å²) in [5.74, 6) is 0.551. The van der Waals surface area contributed by atoms with Crippen LogP contribution in [0.3, 0.4) is 0 Å². The van der Waals surface area contributed by atoms with Crippen molar-refractivity contribution >= 4 is 13.2 Å². The van der Waals surface area contributed by atoms with E-state index in [9.17, 15) is 14.8 Å². The molecule has 0 aromatic heterocycles. The van der Waals surface area contributed by atoms with Gasteiger partial charge in [-0.15, -0.1) is 0 Å². The lowest BCUT2D eigenvalue weighted by atomic mass is 9.88. The van der Waals surface area contributed by atoms with Gasteiger partial charge < -0.3 is 29.5 Å². The summed E-state index contributed by atoms with van der Waals surface area (Å²) >= 11 is 0. The van der Waals surface area contributed by atoms with Crippen LogP contribution < -0.4 is 10.1 Å². The Labute approximate surface area is 152 Å². The fourth-order valence-corrected chi connectivity index (χ4v) is 4.40. The van der Waals surface area contributed by atoms with Gasteiger partial charge in [0.1, 0.15) is 12.0 Å². The fourth-order valence-electron chi connectivity index (χ4n) is 4.40. The first-order valence-electron chi connectivity index (χ1n) is 9.21. The molecule has 0 unspecified atom stereocenters. The Hall–Kier alpha value is -1.61. The fraction of sp³-hybridized carbons (Fsp3) is 0.611. The Morgan fingerprint density at radius 3 is 2.96 bits per heavy atom. The number of aryl methyl sites for hydroxylation is 1. The number of carbonyl (C=O) groups excluding carboxylic acids is 1. The van der Waals surface area contributed by atoms with Gasteiger partial charge in [0.15, 0.2) is 0 Å². The van der Waals surface area contributed by atoms with Crippen molar-refractivity contribution in [1.29, 1.82) is 0 Å². The first-order chi connectivity index (χ1) is 12.5. The van der Waals surface area contributed by atoms with Gasteiger partial charge in [-0.25, -0.2) is 0 Å². The number of para-hydroxylation sites is 1. The van der Waals surface area contributed by atoms with Gasteiger partial charge in [0.2, 0.25) is 5.91 Å². The smallest absolute Gasteiger partial charge is 0.492 e. The predicted molar refractivity (Wildman–Crippen MR) is 93.2 cm³/mol. The van der Waals surface area contributed by atoms with E-state index in [1.807, 2.05) is 25.1 Å². The van der Waals surface area contributed by atoms with Crippen LogP contribution in [0.15, 0.2) is 18.2 Å². The third kappa shape index (κ3) is 3.46. The van der Waals surface area contributed by atoms with Gasteiger partial charge in [0, 0.05) is 17.9 Å². The molecular formula is C18H24BNO6. The van der Waals surface area contributed by atoms with Crippen LogP contribution in [0, 0.1) is 12.8 Å². The van der Waals surface area contributed by atoms with E-state index in [2.05, 4.69) is 5.32 Å². The van der Waals surface area contributed by atoms with E-state index in [1.54, 1.807) is 0 Å². The third-order valence-electron chi connectivity index (χ3n) is 5.64. The minimum absolute atomic E-state index is 0.0187. The first-order valence-corrected chi connectivity index (χ1v) is 9.21. The van der Waals surface area contributed by atoms with Crippen molar-refractivity contribution in [3.63, 3.8) is 0 Å². The molecule has 1 amide bonds. The molecule has 7 nitrogen and oxygen atoms in total. The predicted octanol–water partition coefficient (Wildman–Crippen LogP) is 0.857. The number of carbonyl (C=O) groups is 1. The highest BCUT2D eigenvalue weighted by atomic mass is 16.6. The first kappa shape index (κ1) is 17.8. The molecule has 2 fully saturated rings. The van der Waals surface area contributed by atoms with Crippen molar-refractivity contribution in [2.75, 3.05) is 6.61 Å². The molecule has 8 heteroatoms. The van der Waals surface area contributed by atoms with Crippen LogP contribution in [0.25, 0.3) is 0 Å². The second-order valence-electron chi connectivity index (χ2n) is 7.41. The zero-order chi connectivity index (χ0) is 18.3. The standard InChI is InChI=1S/C18H24BNO6/c1-10-3-2-4-13-11(9-24-17(10)13)7-16(26-19(22)23)20-18(21)14-8-12-5-6-15(14)25-12/h2-4,11-12,14-16,22-23H,5-9H2,1H3,(H,20,21)/t11-,12+,14+,15-,16+/m0/s1. The van der Waals surface area contributed by atoms with Gasteiger partial charge in [-0.05, 0) is 31.7 Å². The number of hydrogen-bond acceptors (Lipinski definition) is 6. The summed E-state index contributed by atoms with van der Waals surface area (Å²) in [6, 6.07) is 5.96. The van der Waals surface area contributed by atoms with Gasteiger partial charge in [0.25, 0.3) is 0 Å². The van der Waals surface area contributed by atoms with Crippen LogP contribution in [0.2, 0.25) is 0 Å². The Balaban J connectivity index is 1.43. The van der Waals surface area contributed by atoms with E-state index < -0.39 is 13.5 Å². The van der Waals surface area contributed by atoms with E-state index >= 15 is 0 Å². The highest BCUT2D eigenvalue weighted by Gasteiger charge is 2.45. The molecule has 3 heterocycles. The van der Waals surface area contributed by atoms with Crippen molar-refractivity contribution in [2.24, 2.45) is 5.92 Å². The Morgan fingerprint density at radius 1 is 1.42 bits per heavy atom. The number of ether oxygens (including phenoxy) is 2. The maximum Gasteiger partial charge on any atom is 0.635 e. The van der Waals surface area contributed by atoms with Crippen molar-refractivity contribution in [3.05, 3.63) is 29.3 Å². The molecule has 2 saturated heterocycles. The zero-order valence-electron chi connectivity index (χ0n) is 14.8. The summed E-state index contributed by atoms with van der Waals surface area (Å²) in [4.78, 5) is 12.6. The van der Waals surface area contributed by atoms with Crippen LogP contribution in [-0.2, 0) is 14.2 Å². The molecule has 1 aromatic rings. The summed E-state index contributed by atoms with van der Waals surface area (Å²) < 4.78 is 16.7. The van der Waals surface area contributed by atoms with Gasteiger partial charge >= 0.3 is 7.32 Å². The summed E-state index contributed by atoms with van der Waals surface area (Å²) in [6.45, 7) is 2.47. The largest absolute Gasteiger partial charge is 0.635 e. The lowest BCUT2D eigenvalue weighted by molar-refractivity contribution is -0.129. The summed E-state index contributed by atoms with van der Waals surface area (Å²) in [7, 11) is -1.95. The summed E-state index contributed by atoms with van der Waals surface area (Å²) in [5, 5.41) is 21.3. The Morgan fingerprint density at radius 2 is 2.27 bits per heavy atom. The SMILES string of the molecule is Cc1cccc2c1OC[C@@H]2C[C@H](NC(=O)[C@@H]1C[C@H]2CC[C@@H]1O2)OB(O)O. The highest BCUT2D eigenvalue weighted by molar-refractivity contribution is 6.32. The molecule has 3 aliphatic heterocycles. The molecule has 4 rings (SSSR count). The number of rotatable bonds is 6. The Kier molecular flexibility index (Phi) is 4.92. The average molecular weight is 361 g/mol. The van der Waals surface area contributed by atoms with E-state index in [0.717, 1.165) is 36.1 Å². The minimum Gasteiger partial charge on any atom is -0.492 e. The lowest BCUT2D eigenvalue weighted by Crippen LogP contribution is -2.46. The number of nitrogens with one attached hydrogen (secondary N) is 1. The normalized spacial score (nSPS) is 30.0. The Bertz CT molecular complexity index is 684. The molecule has 2 bridgehead atoms.